The van der Waals surface area contributed by atoms with Crippen molar-refractivity contribution in [2.75, 3.05) is 26.7 Å². The molecule has 0 spiro atoms. The Balaban J connectivity index is 0.00000400. The van der Waals surface area contributed by atoms with Crippen LogP contribution in [-0.2, 0) is 4.74 Å². The van der Waals surface area contributed by atoms with E-state index in [1.54, 1.807) is 7.05 Å². The number of nitrogens with zero attached hydrogens (tertiary/aromatic N) is 2. The van der Waals surface area contributed by atoms with Crippen LogP contribution in [0.3, 0.4) is 0 Å². The molecule has 1 aliphatic carbocycles. The molecule has 1 rings (SSSR count). The van der Waals surface area contributed by atoms with Crippen LogP contribution in [0.4, 0.5) is 4.79 Å². The molecule has 124 valence electrons. The van der Waals surface area contributed by atoms with Crippen molar-refractivity contribution < 1.29 is 9.53 Å². The zero-order chi connectivity index (χ0) is 15.2. The fourth-order valence-electron chi connectivity index (χ4n) is 1.74. The fourth-order valence-corrected chi connectivity index (χ4v) is 1.74. The number of nitrogens with one attached hydrogen (secondary N) is 1. The van der Waals surface area contributed by atoms with Crippen LogP contribution in [0.2, 0.25) is 0 Å². The van der Waals surface area contributed by atoms with Gasteiger partial charge in [0, 0.05) is 26.7 Å². The number of guanidine groups is 1. The summed E-state index contributed by atoms with van der Waals surface area (Å²) in [6, 6.07) is 0. The van der Waals surface area contributed by atoms with Gasteiger partial charge < -0.3 is 20.7 Å². The number of amides is 1. The Morgan fingerprint density at radius 3 is 2.52 bits per heavy atom. The lowest BCUT2D eigenvalue weighted by Crippen LogP contribution is -2.41. The number of carbonyl (C=O) groups excluding carboxylic acids is 1. The smallest absolute Gasteiger partial charge is 0.410 e. The predicted molar refractivity (Wildman–Crippen MR) is 96.1 cm³/mol. The molecule has 0 radical (unpaired) electrons. The number of rotatable bonds is 5. The second-order valence-electron chi connectivity index (χ2n) is 6.35. The first-order valence-corrected chi connectivity index (χ1v) is 7.26. The third kappa shape index (κ3) is 9.00. The van der Waals surface area contributed by atoms with Crippen molar-refractivity contribution in [1.29, 1.82) is 0 Å². The van der Waals surface area contributed by atoms with E-state index in [0.717, 1.165) is 6.54 Å². The normalized spacial score (nSPS) is 15.7. The zero-order valence-corrected chi connectivity index (χ0v) is 15.8. The topological polar surface area (TPSA) is 80.0 Å². The number of halogens is 1. The highest BCUT2D eigenvalue weighted by Gasteiger charge is 2.19. The third-order valence-corrected chi connectivity index (χ3v) is 3.20. The standard InChI is InChI=1S/C14H28N4O2.HI/c1-14(2,3)20-13(19)18(4)9-8-16-12(15)17-10-11-6-5-7-11;/h11H,5-10H2,1-4H3,(H3,15,16,17);1H. The number of nitrogens with two attached hydrogens (primary N) is 1. The Hall–Kier alpha value is -0.730. The van der Waals surface area contributed by atoms with Gasteiger partial charge in [-0.3, -0.25) is 4.99 Å². The van der Waals surface area contributed by atoms with E-state index in [2.05, 4.69) is 10.3 Å². The van der Waals surface area contributed by atoms with Crippen LogP contribution in [0, 0.1) is 5.92 Å². The maximum absolute atomic E-state index is 11.7. The third-order valence-electron chi connectivity index (χ3n) is 3.20. The fraction of sp³-hybridized carbons (Fsp3) is 0.857. The van der Waals surface area contributed by atoms with Crippen molar-refractivity contribution in [3.8, 4) is 0 Å². The maximum Gasteiger partial charge on any atom is 0.410 e. The van der Waals surface area contributed by atoms with E-state index in [9.17, 15) is 4.79 Å². The van der Waals surface area contributed by atoms with Crippen molar-refractivity contribution in [1.82, 2.24) is 10.2 Å². The maximum atomic E-state index is 11.7. The number of carbonyl (C=O) groups is 1. The van der Waals surface area contributed by atoms with Gasteiger partial charge in [0.1, 0.15) is 5.60 Å². The van der Waals surface area contributed by atoms with Gasteiger partial charge in [0.25, 0.3) is 0 Å². The van der Waals surface area contributed by atoms with Gasteiger partial charge >= 0.3 is 6.09 Å². The van der Waals surface area contributed by atoms with Gasteiger partial charge in [-0.25, -0.2) is 4.79 Å². The molecule has 1 aliphatic rings. The molecule has 0 aromatic carbocycles. The largest absolute Gasteiger partial charge is 0.444 e. The molecule has 0 bridgehead atoms. The number of likely N-dealkylation sites (N-methyl/N-ethyl adjacent to an activating group) is 1. The summed E-state index contributed by atoms with van der Waals surface area (Å²) in [4.78, 5) is 17.5. The highest BCUT2D eigenvalue weighted by molar-refractivity contribution is 14.0. The van der Waals surface area contributed by atoms with Crippen LogP contribution in [0.15, 0.2) is 4.99 Å². The van der Waals surface area contributed by atoms with Crippen LogP contribution in [0.25, 0.3) is 0 Å². The first kappa shape index (κ1) is 20.3. The quantitative estimate of drug-likeness (QED) is 0.412. The Labute approximate surface area is 144 Å². The van der Waals surface area contributed by atoms with Crippen LogP contribution in [0.1, 0.15) is 40.0 Å². The number of hydrogen-bond donors (Lipinski definition) is 2. The number of aliphatic imine (C=N–C) groups is 1. The van der Waals surface area contributed by atoms with Gasteiger partial charge in [-0.1, -0.05) is 6.42 Å². The van der Waals surface area contributed by atoms with Gasteiger partial charge in [-0.05, 0) is 39.5 Å². The molecule has 7 heteroatoms. The Kier molecular flexibility index (Phi) is 9.00. The Morgan fingerprint density at radius 1 is 1.43 bits per heavy atom. The molecule has 6 nitrogen and oxygen atoms in total. The molecule has 21 heavy (non-hydrogen) atoms. The van der Waals surface area contributed by atoms with E-state index in [1.165, 1.54) is 24.2 Å². The summed E-state index contributed by atoms with van der Waals surface area (Å²) in [5, 5.41) is 3.01. The molecule has 0 saturated heterocycles. The molecule has 0 aromatic heterocycles. The van der Waals surface area contributed by atoms with Crippen LogP contribution in [0.5, 0.6) is 0 Å². The summed E-state index contributed by atoms with van der Waals surface area (Å²) in [7, 11) is 1.71. The lowest BCUT2D eigenvalue weighted by atomic mass is 9.86. The summed E-state index contributed by atoms with van der Waals surface area (Å²) < 4.78 is 5.26. The molecule has 0 atom stereocenters. The van der Waals surface area contributed by atoms with Gasteiger partial charge in [-0.15, -0.1) is 24.0 Å². The Morgan fingerprint density at radius 2 is 2.05 bits per heavy atom. The summed E-state index contributed by atoms with van der Waals surface area (Å²) >= 11 is 0. The van der Waals surface area contributed by atoms with Crippen molar-refractivity contribution in [2.45, 2.75) is 45.6 Å². The molecular weight excluding hydrogens is 383 g/mol. The second kappa shape index (κ2) is 9.32. The van der Waals surface area contributed by atoms with E-state index >= 15 is 0 Å². The van der Waals surface area contributed by atoms with Gasteiger partial charge in [0.15, 0.2) is 5.96 Å². The number of hydrogen-bond acceptors (Lipinski definition) is 3. The minimum absolute atomic E-state index is 0. The van der Waals surface area contributed by atoms with Crippen molar-refractivity contribution in [2.24, 2.45) is 16.6 Å². The average molecular weight is 412 g/mol. The van der Waals surface area contributed by atoms with E-state index in [4.69, 9.17) is 10.5 Å². The van der Waals surface area contributed by atoms with E-state index in [1.807, 2.05) is 20.8 Å². The number of ether oxygens (including phenoxy) is 1. The minimum atomic E-state index is -0.470. The lowest BCUT2D eigenvalue weighted by molar-refractivity contribution is 0.0302. The summed E-state index contributed by atoms with van der Waals surface area (Å²) in [5.74, 6) is 1.16. The molecule has 0 unspecified atom stereocenters. The molecule has 0 heterocycles. The molecule has 0 aliphatic heterocycles. The lowest BCUT2D eigenvalue weighted by Gasteiger charge is -2.25. The average Bonchev–Trinajstić information content (AvgIpc) is 2.24. The van der Waals surface area contributed by atoms with Crippen LogP contribution in [-0.4, -0.2) is 49.2 Å². The van der Waals surface area contributed by atoms with Crippen LogP contribution >= 0.6 is 24.0 Å². The monoisotopic (exact) mass is 412 g/mol. The molecule has 0 aromatic rings. The predicted octanol–water partition coefficient (Wildman–Crippen LogP) is 2.18. The Bertz CT molecular complexity index is 351. The van der Waals surface area contributed by atoms with Crippen LogP contribution < -0.4 is 11.1 Å². The zero-order valence-electron chi connectivity index (χ0n) is 13.5. The SMILES string of the molecule is CN(CCNC(N)=NCC1CCC1)C(=O)OC(C)(C)C.I. The van der Waals surface area contributed by atoms with Gasteiger partial charge in [-0.2, -0.15) is 0 Å². The first-order valence-electron chi connectivity index (χ1n) is 7.26. The molecule has 1 fully saturated rings. The summed E-state index contributed by atoms with van der Waals surface area (Å²) in [5.41, 5.74) is 5.30. The van der Waals surface area contributed by atoms with Gasteiger partial charge in [0.2, 0.25) is 0 Å². The van der Waals surface area contributed by atoms with E-state index in [0.29, 0.717) is 25.0 Å². The van der Waals surface area contributed by atoms with Gasteiger partial charge in [0.05, 0.1) is 0 Å². The van der Waals surface area contributed by atoms with Crippen molar-refractivity contribution >= 4 is 36.0 Å². The van der Waals surface area contributed by atoms with E-state index in [-0.39, 0.29) is 30.1 Å². The second-order valence-corrected chi connectivity index (χ2v) is 6.35. The highest BCUT2D eigenvalue weighted by atomic mass is 127. The summed E-state index contributed by atoms with van der Waals surface area (Å²) in [6.07, 6.45) is 3.51. The molecule has 3 N–H and O–H groups in total. The minimum Gasteiger partial charge on any atom is -0.444 e. The molecular formula is C14H29IN4O2. The molecule has 1 saturated carbocycles. The highest BCUT2D eigenvalue weighted by Crippen LogP contribution is 2.26. The van der Waals surface area contributed by atoms with E-state index < -0.39 is 5.60 Å². The molecule has 1 amide bonds. The van der Waals surface area contributed by atoms with Crippen molar-refractivity contribution in [3.05, 3.63) is 0 Å². The summed E-state index contributed by atoms with van der Waals surface area (Å²) in [6.45, 7) is 7.44. The first-order chi connectivity index (χ1) is 9.28. The van der Waals surface area contributed by atoms with Crippen molar-refractivity contribution in [3.63, 3.8) is 0 Å².